The molecule has 0 saturated heterocycles. The van der Waals surface area contributed by atoms with Gasteiger partial charge in [-0.25, -0.2) is 0 Å². The van der Waals surface area contributed by atoms with Gasteiger partial charge in [0.25, 0.3) is 0 Å². The third-order valence-electron chi connectivity index (χ3n) is 1.68. The van der Waals surface area contributed by atoms with Crippen molar-refractivity contribution in [1.29, 1.82) is 0 Å². The number of carboxylic acid groups (broad SMARTS) is 1. The Labute approximate surface area is 89.6 Å². The van der Waals surface area contributed by atoms with Crippen molar-refractivity contribution in [3.8, 4) is 0 Å². The van der Waals surface area contributed by atoms with E-state index in [1.807, 2.05) is 0 Å². The van der Waals surface area contributed by atoms with E-state index in [1.54, 1.807) is 5.38 Å². The van der Waals surface area contributed by atoms with Gasteiger partial charge in [-0.3, -0.25) is 9.59 Å². The first-order valence-electron chi connectivity index (χ1n) is 4.35. The molecule has 1 heterocycles. The molecule has 1 aromatic heterocycles. The van der Waals surface area contributed by atoms with Crippen LogP contribution in [0.3, 0.4) is 0 Å². The summed E-state index contributed by atoms with van der Waals surface area (Å²) < 4.78 is 0. The Balaban J connectivity index is 2.21. The fraction of sp³-hybridized carbons (Fsp3) is 0.500. The van der Waals surface area contributed by atoms with Crippen LogP contribution in [0.25, 0.3) is 0 Å². The largest absolute Gasteiger partial charge is 0.481 e. The van der Waals surface area contributed by atoms with Gasteiger partial charge < -0.3 is 20.5 Å². The van der Waals surface area contributed by atoms with E-state index in [4.69, 9.17) is 5.11 Å². The molecule has 0 aliphatic heterocycles. The predicted molar refractivity (Wildman–Crippen MR) is 54.9 cm³/mol. The average Bonchev–Trinajstić information content (AvgIpc) is 2.50. The van der Waals surface area contributed by atoms with E-state index in [0.29, 0.717) is 6.54 Å². The Hall–Kier alpha value is -1.18. The van der Waals surface area contributed by atoms with Gasteiger partial charge in [0.2, 0.25) is 0 Å². The van der Waals surface area contributed by atoms with Crippen LogP contribution in [-0.4, -0.2) is 33.8 Å². The number of aromatic nitrogens is 1. The number of carboxylic acids is 1. The second-order valence-electron chi connectivity index (χ2n) is 3.06. The highest BCUT2D eigenvalue weighted by molar-refractivity contribution is 7.07. The standard InChI is InChI=1S/C8H12N2O4S/c11-6(1-7(12)13)3-9-2-5-4-15-8(14)10-5/h4,6,9,11H,1-3H2,(H,10,14)(H,12,13). The van der Waals surface area contributed by atoms with Gasteiger partial charge in [-0.15, -0.1) is 0 Å². The van der Waals surface area contributed by atoms with Crippen LogP contribution in [0.1, 0.15) is 12.1 Å². The molecule has 1 atom stereocenters. The number of hydrogen-bond acceptors (Lipinski definition) is 5. The number of aliphatic hydroxyl groups is 1. The number of aliphatic hydroxyl groups excluding tert-OH is 1. The van der Waals surface area contributed by atoms with Crippen molar-refractivity contribution in [3.63, 3.8) is 0 Å². The van der Waals surface area contributed by atoms with Crippen LogP contribution in [0.5, 0.6) is 0 Å². The molecule has 0 bridgehead atoms. The van der Waals surface area contributed by atoms with Gasteiger partial charge in [0.1, 0.15) is 0 Å². The maximum atomic E-state index is 10.7. The second kappa shape index (κ2) is 5.64. The molecule has 0 fully saturated rings. The molecule has 1 aromatic rings. The van der Waals surface area contributed by atoms with E-state index in [0.717, 1.165) is 17.0 Å². The fourth-order valence-electron chi connectivity index (χ4n) is 1.05. The SMILES string of the molecule is O=C(O)CC(O)CNCc1csc(=O)[nH]1. The smallest absolute Gasteiger partial charge is 0.306 e. The highest BCUT2D eigenvalue weighted by Gasteiger charge is 2.08. The molecule has 0 amide bonds. The van der Waals surface area contributed by atoms with Crippen molar-refractivity contribution < 1.29 is 15.0 Å². The lowest BCUT2D eigenvalue weighted by atomic mass is 10.2. The van der Waals surface area contributed by atoms with Crippen LogP contribution in [-0.2, 0) is 11.3 Å². The van der Waals surface area contributed by atoms with E-state index in [2.05, 4.69) is 10.3 Å². The molecule has 84 valence electrons. The van der Waals surface area contributed by atoms with Crippen molar-refractivity contribution in [2.45, 2.75) is 19.1 Å². The van der Waals surface area contributed by atoms with Gasteiger partial charge in [0.05, 0.1) is 12.5 Å². The molecule has 0 spiro atoms. The number of aliphatic carboxylic acids is 1. The minimum atomic E-state index is -1.03. The maximum Gasteiger partial charge on any atom is 0.306 e. The minimum Gasteiger partial charge on any atom is -0.481 e. The van der Waals surface area contributed by atoms with Crippen molar-refractivity contribution in [3.05, 3.63) is 20.7 Å². The molecule has 6 nitrogen and oxygen atoms in total. The Morgan fingerprint density at radius 2 is 2.40 bits per heavy atom. The molecule has 0 aromatic carbocycles. The number of thiazole rings is 1. The van der Waals surface area contributed by atoms with E-state index in [1.165, 1.54) is 0 Å². The van der Waals surface area contributed by atoms with Crippen molar-refractivity contribution in [2.75, 3.05) is 6.54 Å². The normalized spacial score (nSPS) is 12.6. The monoisotopic (exact) mass is 232 g/mol. The third kappa shape index (κ3) is 4.73. The predicted octanol–water partition coefficient (Wildman–Crippen LogP) is -0.638. The van der Waals surface area contributed by atoms with Crippen molar-refractivity contribution >= 4 is 17.3 Å². The fourth-order valence-corrected chi connectivity index (χ4v) is 1.63. The zero-order valence-corrected chi connectivity index (χ0v) is 8.71. The Morgan fingerprint density at radius 1 is 1.67 bits per heavy atom. The van der Waals surface area contributed by atoms with Gasteiger partial charge in [-0.05, 0) is 0 Å². The molecule has 7 heteroatoms. The zero-order valence-electron chi connectivity index (χ0n) is 7.90. The molecular weight excluding hydrogens is 220 g/mol. The van der Waals surface area contributed by atoms with E-state index in [-0.39, 0.29) is 17.8 Å². The second-order valence-corrected chi connectivity index (χ2v) is 3.90. The zero-order chi connectivity index (χ0) is 11.3. The summed E-state index contributed by atoms with van der Waals surface area (Å²) in [5.41, 5.74) is 0.729. The summed E-state index contributed by atoms with van der Waals surface area (Å²) in [6.07, 6.45) is -1.19. The molecule has 0 aliphatic rings. The number of H-pyrrole nitrogens is 1. The highest BCUT2D eigenvalue weighted by Crippen LogP contribution is 1.95. The number of aromatic amines is 1. The molecule has 0 aliphatic carbocycles. The van der Waals surface area contributed by atoms with Crippen LogP contribution in [0, 0.1) is 0 Å². The maximum absolute atomic E-state index is 10.7. The molecule has 1 rings (SSSR count). The lowest BCUT2D eigenvalue weighted by molar-refractivity contribution is -0.139. The van der Waals surface area contributed by atoms with Crippen LogP contribution >= 0.6 is 11.3 Å². The van der Waals surface area contributed by atoms with Crippen LogP contribution in [0.15, 0.2) is 10.2 Å². The number of nitrogens with one attached hydrogen (secondary N) is 2. The molecule has 1 unspecified atom stereocenters. The van der Waals surface area contributed by atoms with Crippen molar-refractivity contribution in [1.82, 2.24) is 10.3 Å². The summed E-state index contributed by atoms with van der Waals surface area (Å²) in [7, 11) is 0. The number of rotatable bonds is 6. The van der Waals surface area contributed by atoms with Gasteiger partial charge >= 0.3 is 10.8 Å². The van der Waals surface area contributed by atoms with Crippen LogP contribution in [0.2, 0.25) is 0 Å². The number of hydrogen-bond donors (Lipinski definition) is 4. The van der Waals surface area contributed by atoms with E-state index in [9.17, 15) is 14.7 Å². The van der Waals surface area contributed by atoms with E-state index >= 15 is 0 Å². The Morgan fingerprint density at radius 3 is 2.93 bits per heavy atom. The van der Waals surface area contributed by atoms with Gasteiger partial charge in [-0.1, -0.05) is 11.3 Å². The van der Waals surface area contributed by atoms with E-state index < -0.39 is 12.1 Å². The summed E-state index contributed by atoms with van der Waals surface area (Å²) in [6, 6.07) is 0. The number of carbonyl (C=O) groups is 1. The first kappa shape index (κ1) is 11.9. The summed E-state index contributed by atoms with van der Waals surface area (Å²) in [5, 5.41) is 22.1. The summed E-state index contributed by atoms with van der Waals surface area (Å²) in [6.45, 7) is 0.597. The average molecular weight is 232 g/mol. The van der Waals surface area contributed by atoms with Gasteiger partial charge in [0, 0.05) is 24.2 Å². The molecule has 0 saturated carbocycles. The lowest BCUT2D eigenvalue weighted by Crippen LogP contribution is -2.28. The highest BCUT2D eigenvalue weighted by atomic mass is 32.1. The first-order chi connectivity index (χ1) is 7.08. The lowest BCUT2D eigenvalue weighted by Gasteiger charge is -2.08. The first-order valence-corrected chi connectivity index (χ1v) is 5.23. The van der Waals surface area contributed by atoms with Crippen LogP contribution < -0.4 is 10.2 Å². The summed E-state index contributed by atoms with van der Waals surface area (Å²) in [5.74, 6) is -1.03. The molecular formula is C8H12N2O4S. The quantitative estimate of drug-likeness (QED) is 0.522. The molecule has 0 radical (unpaired) electrons. The van der Waals surface area contributed by atoms with Crippen molar-refractivity contribution in [2.24, 2.45) is 0 Å². The minimum absolute atomic E-state index is 0.127. The summed E-state index contributed by atoms with van der Waals surface area (Å²) >= 11 is 1.07. The van der Waals surface area contributed by atoms with Crippen LogP contribution in [0.4, 0.5) is 0 Å². The molecule has 15 heavy (non-hydrogen) atoms. The topological polar surface area (TPSA) is 102 Å². The summed E-state index contributed by atoms with van der Waals surface area (Å²) in [4.78, 5) is 23.4. The third-order valence-corrected chi connectivity index (χ3v) is 2.40. The Kier molecular flexibility index (Phi) is 4.47. The van der Waals surface area contributed by atoms with Gasteiger partial charge in [-0.2, -0.15) is 0 Å². The van der Waals surface area contributed by atoms with Gasteiger partial charge in [0.15, 0.2) is 0 Å². The molecule has 4 N–H and O–H groups in total. The Bertz CT molecular complexity index is 373.